The topological polar surface area (TPSA) is 72.7 Å². The molecule has 2 aromatic carbocycles. The Morgan fingerprint density at radius 2 is 1.93 bits per heavy atom. The minimum atomic E-state index is -0.0295. The molecular weight excluding hydrogens is 358 g/mol. The van der Waals surface area contributed by atoms with Crippen LogP contribution in [-0.4, -0.2) is 24.4 Å². The number of nitrogens with zero attached hydrogens (tertiary/aromatic N) is 4. The van der Waals surface area contributed by atoms with Gasteiger partial charge in [-0.3, -0.25) is 4.79 Å². The maximum atomic E-state index is 12.3. The van der Waals surface area contributed by atoms with Crippen molar-refractivity contribution in [2.75, 3.05) is 5.32 Å². The number of carbonyl (C=O) groups excluding carboxylic acids is 1. The van der Waals surface area contributed by atoms with Crippen LogP contribution in [0, 0.1) is 13.8 Å². The van der Waals surface area contributed by atoms with Crippen LogP contribution < -0.4 is 5.32 Å². The second-order valence-corrected chi connectivity index (χ2v) is 7.02. The lowest BCUT2D eigenvalue weighted by Gasteiger charge is -2.07. The van der Waals surface area contributed by atoms with Crippen molar-refractivity contribution in [1.29, 1.82) is 0 Å². The van der Waals surface area contributed by atoms with E-state index in [1.165, 1.54) is 0 Å². The predicted octanol–water partition coefficient (Wildman–Crippen LogP) is 4.07. The van der Waals surface area contributed by atoms with Crippen molar-refractivity contribution in [3.8, 4) is 5.69 Å². The Morgan fingerprint density at radius 1 is 1.11 bits per heavy atom. The fraction of sp³-hybridized carbons (Fsp3) is 0.200. The number of hydrogen-bond acceptors (Lipinski definition) is 5. The number of anilines is 1. The molecule has 0 saturated carbocycles. The monoisotopic (exact) mass is 377 g/mol. The molecule has 0 unspecified atom stereocenters. The third kappa shape index (κ3) is 3.73. The van der Waals surface area contributed by atoms with Gasteiger partial charge in [-0.1, -0.05) is 18.2 Å². The first-order valence-corrected chi connectivity index (χ1v) is 9.47. The summed E-state index contributed by atoms with van der Waals surface area (Å²) in [6.45, 7) is 4.02. The summed E-state index contributed by atoms with van der Waals surface area (Å²) in [5, 5.41) is 7.43. The zero-order chi connectivity index (χ0) is 18.8. The normalized spacial score (nSPS) is 11.0. The largest absolute Gasteiger partial charge is 0.324 e. The molecule has 2 heterocycles. The van der Waals surface area contributed by atoms with Gasteiger partial charge in [0.15, 0.2) is 0 Å². The standard InChI is InChI=1S/C20H19N5OS/c1-13-12-14(2)25(22-13)16-9-6-15(7-10-16)8-11-19(26)21-17-4-3-5-18-20(17)24-27-23-18/h3-7,9-10,12H,8,11H2,1-2H3,(H,21,26). The molecule has 7 heteroatoms. The lowest BCUT2D eigenvalue weighted by Crippen LogP contribution is -2.12. The van der Waals surface area contributed by atoms with Crippen molar-refractivity contribution >= 4 is 34.4 Å². The van der Waals surface area contributed by atoms with Gasteiger partial charge in [0.2, 0.25) is 5.91 Å². The molecule has 4 rings (SSSR count). The highest BCUT2D eigenvalue weighted by atomic mass is 32.1. The Balaban J connectivity index is 1.39. The van der Waals surface area contributed by atoms with E-state index in [1.807, 2.05) is 61.0 Å². The van der Waals surface area contributed by atoms with Crippen molar-refractivity contribution < 1.29 is 4.79 Å². The van der Waals surface area contributed by atoms with E-state index < -0.39 is 0 Å². The van der Waals surface area contributed by atoms with Crippen LogP contribution in [0.3, 0.4) is 0 Å². The number of fused-ring (bicyclic) bond motifs is 1. The van der Waals surface area contributed by atoms with E-state index in [1.54, 1.807) is 0 Å². The van der Waals surface area contributed by atoms with Gasteiger partial charge in [-0.05, 0) is 56.2 Å². The molecule has 0 radical (unpaired) electrons. The molecule has 4 aromatic rings. The van der Waals surface area contributed by atoms with Gasteiger partial charge < -0.3 is 5.32 Å². The van der Waals surface area contributed by atoms with E-state index >= 15 is 0 Å². The number of amides is 1. The van der Waals surface area contributed by atoms with Crippen molar-refractivity contribution in [3.05, 3.63) is 65.5 Å². The fourth-order valence-electron chi connectivity index (χ4n) is 3.07. The van der Waals surface area contributed by atoms with Gasteiger partial charge in [0.05, 0.1) is 28.8 Å². The van der Waals surface area contributed by atoms with Gasteiger partial charge in [-0.2, -0.15) is 13.8 Å². The Labute approximate surface area is 161 Å². The molecule has 0 saturated heterocycles. The number of aryl methyl sites for hydroxylation is 3. The minimum absolute atomic E-state index is 0.0295. The second-order valence-electron chi connectivity index (χ2n) is 6.49. The summed E-state index contributed by atoms with van der Waals surface area (Å²) in [5.74, 6) is -0.0295. The summed E-state index contributed by atoms with van der Waals surface area (Å²) in [6.07, 6.45) is 1.09. The molecule has 0 bridgehead atoms. The third-order valence-corrected chi connectivity index (χ3v) is 4.93. The first kappa shape index (κ1) is 17.4. The minimum Gasteiger partial charge on any atom is -0.324 e. The maximum absolute atomic E-state index is 12.3. The van der Waals surface area contributed by atoms with Crippen LogP contribution in [0.2, 0.25) is 0 Å². The van der Waals surface area contributed by atoms with Crippen LogP contribution >= 0.6 is 11.7 Å². The first-order chi connectivity index (χ1) is 13.1. The van der Waals surface area contributed by atoms with E-state index in [0.29, 0.717) is 18.5 Å². The van der Waals surface area contributed by atoms with Gasteiger partial charge in [-0.15, -0.1) is 0 Å². The van der Waals surface area contributed by atoms with E-state index in [0.717, 1.165) is 45.4 Å². The smallest absolute Gasteiger partial charge is 0.224 e. The Kier molecular flexibility index (Phi) is 4.68. The molecule has 1 amide bonds. The van der Waals surface area contributed by atoms with E-state index in [4.69, 9.17) is 0 Å². The molecular formula is C20H19N5OS. The summed E-state index contributed by atoms with van der Waals surface area (Å²) in [7, 11) is 0. The number of carbonyl (C=O) groups is 1. The number of hydrogen-bond donors (Lipinski definition) is 1. The number of aromatic nitrogens is 4. The Morgan fingerprint density at radius 3 is 2.67 bits per heavy atom. The lowest BCUT2D eigenvalue weighted by atomic mass is 10.1. The highest BCUT2D eigenvalue weighted by molar-refractivity contribution is 7.00. The van der Waals surface area contributed by atoms with Gasteiger partial charge >= 0.3 is 0 Å². The highest BCUT2D eigenvalue weighted by Gasteiger charge is 2.09. The molecule has 0 aliphatic carbocycles. The fourth-order valence-corrected chi connectivity index (χ4v) is 3.62. The lowest BCUT2D eigenvalue weighted by molar-refractivity contribution is -0.116. The van der Waals surface area contributed by atoms with E-state index in [9.17, 15) is 4.79 Å². The summed E-state index contributed by atoms with van der Waals surface area (Å²) in [4.78, 5) is 12.3. The zero-order valence-corrected chi connectivity index (χ0v) is 16.0. The van der Waals surface area contributed by atoms with Crippen LogP contribution in [-0.2, 0) is 11.2 Å². The van der Waals surface area contributed by atoms with Crippen LogP contribution in [0.4, 0.5) is 5.69 Å². The number of rotatable bonds is 5. The summed E-state index contributed by atoms with van der Waals surface area (Å²) >= 11 is 1.15. The highest BCUT2D eigenvalue weighted by Crippen LogP contribution is 2.21. The summed E-state index contributed by atoms with van der Waals surface area (Å²) in [6, 6.07) is 15.8. The zero-order valence-electron chi connectivity index (χ0n) is 15.1. The average molecular weight is 377 g/mol. The number of nitrogens with one attached hydrogen (secondary N) is 1. The van der Waals surface area contributed by atoms with Gasteiger partial charge in [0.1, 0.15) is 11.0 Å². The number of benzene rings is 2. The molecule has 0 aliphatic heterocycles. The van der Waals surface area contributed by atoms with Crippen molar-refractivity contribution in [3.63, 3.8) is 0 Å². The predicted molar refractivity (Wildman–Crippen MR) is 107 cm³/mol. The summed E-state index contributed by atoms with van der Waals surface area (Å²) in [5.41, 5.74) is 6.50. The molecule has 0 atom stereocenters. The van der Waals surface area contributed by atoms with Crippen molar-refractivity contribution in [1.82, 2.24) is 18.5 Å². The molecule has 2 aromatic heterocycles. The van der Waals surface area contributed by atoms with Crippen LogP contribution in [0.15, 0.2) is 48.5 Å². The van der Waals surface area contributed by atoms with Crippen molar-refractivity contribution in [2.24, 2.45) is 0 Å². The maximum Gasteiger partial charge on any atom is 0.224 e. The van der Waals surface area contributed by atoms with Gasteiger partial charge in [0, 0.05) is 12.1 Å². The Bertz CT molecular complexity index is 1100. The van der Waals surface area contributed by atoms with E-state index in [-0.39, 0.29) is 5.91 Å². The van der Waals surface area contributed by atoms with E-state index in [2.05, 4.69) is 25.2 Å². The first-order valence-electron chi connectivity index (χ1n) is 8.74. The third-order valence-electron chi connectivity index (χ3n) is 4.39. The molecule has 6 nitrogen and oxygen atoms in total. The van der Waals surface area contributed by atoms with Crippen LogP contribution in [0.25, 0.3) is 16.7 Å². The van der Waals surface area contributed by atoms with Gasteiger partial charge in [0.25, 0.3) is 0 Å². The molecule has 0 aliphatic rings. The quantitative estimate of drug-likeness (QED) is 0.569. The summed E-state index contributed by atoms with van der Waals surface area (Å²) < 4.78 is 10.4. The van der Waals surface area contributed by atoms with Crippen LogP contribution in [0.5, 0.6) is 0 Å². The molecule has 0 spiro atoms. The molecule has 136 valence electrons. The van der Waals surface area contributed by atoms with Gasteiger partial charge in [-0.25, -0.2) is 4.68 Å². The molecule has 27 heavy (non-hydrogen) atoms. The average Bonchev–Trinajstić information content (AvgIpc) is 3.27. The second kappa shape index (κ2) is 7.28. The molecule has 0 fully saturated rings. The SMILES string of the molecule is Cc1cc(C)n(-c2ccc(CCC(=O)Nc3cccc4nsnc34)cc2)n1. The van der Waals surface area contributed by atoms with Crippen molar-refractivity contribution in [2.45, 2.75) is 26.7 Å². The molecule has 1 N–H and O–H groups in total. The van der Waals surface area contributed by atoms with Crippen LogP contribution in [0.1, 0.15) is 23.4 Å². The Hall–Kier alpha value is -3.06.